The minimum Gasteiger partial charge on any atom is -0.340 e. The molecule has 2 aliphatic heterocycles. The van der Waals surface area contributed by atoms with Crippen LogP contribution in [0, 0.1) is 0 Å². The summed E-state index contributed by atoms with van der Waals surface area (Å²) in [5.74, 6) is 0.291. The minimum atomic E-state index is 0.291. The number of nitrogens with zero attached hydrogens (tertiary/aromatic N) is 3. The van der Waals surface area contributed by atoms with E-state index in [1.807, 2.05) is 19.0 Å². The second kappa shape index (κ2) is 5.83. The average Bonchev–Trinajstić information content (AvgIpc) is 2.82. The van der Waals surface area contributed by atoms with Crippen molar-refractivity contribution < 1.29 is 4.79 Å². The lowest BCUT2D eigenvalue weighted by molar-refractivity contribution is -0.133. The highest BCUT2D eigenvalue weighted by Gasteiger charge is 2.29. The Morgan fingerprint density at radius 1 is 1.18 bits per heavy atom. The Bertz CT molecular complexity index is 261. The number of piperidine rings is 1. The summed E-state index contributed by atoms with van der Waals surface area (Å²) < 4.78 is 0. The molecule has 0 aromatic rings. The number of hydrogen-bond donors (Lipinski definition) is 0. The molecule has 2 rings (SSSR count). The lowest BCUT2D eigenvalue weighted by Crippen LogP contribution is -2.50. The number of carbonyl (C=O) groups excluding carboxylic acids is 1. The molecule has 1 unspecified atom stereocenters. The molecule has 0 aliphatic carbocycles. The highest BCUT2D eigenvalue weighted by Crippen LogP contribution is 2.20. The summed E-state index contributed by atoms with van der Waals surface area (Å²) in [5, 5.41) is 0. The Labute approximate surface area is 105 Å². The van der Waals surface area contributed by atoms with Crippen LogP contribution in [0.25, 0.3) is 0 Å². The number of likely N-dealkylation sites (tertiary alicyclic amines) is 2. The van der Waals surface area contributed by atoms with Gasteiger partial charge in [0.05, 0.1) is 6.54 Å². The van der Waals surface area contributed by atoms with E-state index in [4.69, 9.17) is 0 Å². The zero-order chi connectivity index (χ0) is 12.3. The highest BCUT2D eigenvalue weighted by molar-refractivity contribution is 5.78. The summed E-state index contributed by atoms with van der Waals surface area (Å²) in [4.78, 5) is 18.6. The van der Waals surface area contributed by atoms with Crippen molar-refractivity contribution in [3.05, 3.63) is 0 Å². The molecule has 0 aromatic heterocycles. The van der Waals surface area contributed by atoms with Gasteiger partial charge in [-0.15, -0.1) is 0 Å². The first-order valence-electron chi connectivity index (χ1n) is 6.83. The van der Waals surface area contributed by atoms with E-state index in [1.165, 1.54) is 38.8 Å². The predicted molar refractivity (Wildman–Crippen MR) is 69.0 cm³/mol. The van der Waals surface area contributed by atoms with Crippen LogP contribution in [0.2, 0.25) is 0 Å². The minimum absolute atomic E-state index is 0.291. The molecule has 0 bridgehead atoms. The van der Waals surface area contributed by atoms with Gasteiger partial charge < -0.3 is 9.80 Å². The number of amides is 1. The third kappa shape index (κ3) is 3.42. The van der Waals surface area contributed by atoms with Crippen molar-refractivity contribution in [3.8, 4) is 0 Å². The van der Waals surface area contributed by atoms with E-state index in [9.17, 15) is 4.79 Å². The lowest BCUT2D eigenvalue weighted by Gasteiger charge is -2.38. The fourth-order valence-electron chi connectivity index (χ4n) is 2.96. The van der Waals surface area contributed by atoms with Crippen LogP contribution in [0.3, 0.4) is 0 Å². The van der Waals surface area contributed by atoms with Crippen LogP contribution >= 0.6 is 0 Å². The number of rotatable bonds is 3. The van der Waals surface area contributed by atoms with Crippen molar-refractivity contribution in [3.63, 3.8) is 0 Å². The molecule has 0 aromatic carbocycles. The Morgan fingerprint density at radius 2 is 1.88 bits per heavy atom. The predicted octanol–water partition coefficient (Wildman–Crippen LogP) is 0.635. The van der Waals surface area contributed by atoms with Crippen molar-refractivity contribution >= 4 is 5.91 Å². The van der Waals surface area contributed by atoms with Crippen LogP contribution in [0.1, 0.15) is 25.7 Å². The molecule has 2 heterocycles. The maximum absolute atomic E-state index is 12.0. The molecule has 0 saturated carbocycles. The molecule has 0 N–H and O–H groups in total. The van der Waals surface area contributed by atoms with Crippen LogP contribution in [0.4, 0.5) is 0 Å². The Hall–Kier alpha value is -0.610. The number of carbonyl (C=O) groups is 1. The van der Waals surface area contributed by atoms with Gasteiger partial charge in [-0.2, -0.15) is 0 Å². The Morgan fingerprint density at radius 3 is 2.53 bits per heavy atom. The molecule has 1 amide bonds. The molecular weight excluding hydrogens is 214 g/mol. The maximum atomic E-state index is 12.0. The van der Waals surface area contributed by atoms with Gasteiger partial charge in [0, 0.05) is 19.1 Å². The van der Waals surface area contributed by atoms with Crippen molar-refractivity contribution in [1.82, 2.24) is 14.7 Å². The molecule has 98 valence electrons. The first kappa shape index (κ1) is 12.8. The first-order chi connectivity index (χ1) is 8.16. The fourth-order valence-corrected chi connectivity index (χ4v) is 2.96. The molecule has 2 saturated heterocycles. The van der Waals surface area contributed by atoms with Gasteiger partial charge in [0.25, 0.3) is 0 Å². The Kier molecular flexibility index (Phi) is 4.40. The highest BCUT2D eigenvalue weighted by atomic mass is 16.2. The third-order valence-corrected chi connectivity index (χ3v) is 3.86. The average molecular weight is 239 g/mol. The first-order valence-corrected chi connectivity index (χ1v) is 6.83. The summed E-state index contributed by atoms with van der Waals surface area (Å²) >= 11 is 0. The normalized spacial score (nSPS) is 26.8. The smallest absolute Gasteiger partial charge is 0.236 e. The maximum Gasteiger partial charge on any atom is 0.236 e. The lowest BCUT2D eigenvalue weighted by atomic mass is 10.0. The van der Waals surface area contributed by atoms with Gasteiger partial charge >= 0.3 is 0 Å². The monoisotopic (exact) mass is 239 g/mol. The second-order valence-corrected chi connectivity index (χ2v) is 5.62. The molecule has 1 atom stereocenters. The number of hydrogen-bond acceptors (Lipinski definition) is 3. The molecule has 0 radical (unpaired) electrons. The second-order valence-electron chi connectivity index (χ2n) is 5.62. The summed E-state index contributed by atoms with van der Waals surface area (Å²) in [6, 6.07) is 0.623. The van der Waals surface area contributed by atoms with E-state index in [2.05, 4.69) is 9.80 Å². The zero-order valence-electron chi connectivity index (χ0n) is 11.2. The molecule has 4 nitrogen and oxygen atoms in total. The topological polar surface area (TPSA) is 26.8 Å². The molecular formula is C13H25N3O. The van der Waals surface area contributed by atoms with E-state index in [-0.39, 0.29) is 0 Å². The van der Waals surface area contributed by atoms with Crippen molar-refractivity contribution in [2.24, 2.45) is 0 Å². The van der Waals surface area contributed by atoms with Gasteiger partial charge in [0.15, 0.2) is 0 Å². The van der Waals surface area contributed by atoms with Gasteiger partial charge in [-0.25, -0.2) is 0 Å². The summed E-state index contributed by atoms with van der Waals surface area (Å²) in [5.41, 5.74) is 0. The number of likely N-dealkylation sites (N-methyl/N-ethyl adjacent to an activating group) is 1. The quantitative estimate of drug-likeness (QED) is 0.723. The van der Waals surface area contributed by atoms with Crippen LogP contribution in [-0.4, -0.2) is 73.5 Å². The molecule has 2 fully saturated rings. The van der Waals surface area contributed by atoms with Gasteiger partial charge in [-0.1, -0.05) is 0 Å². The largest absolute Gasteiger partial charge is 0.340 e. The van der Waals surface area contributed by atoms with E-state index >= 15 is 0 Å². The van der Waals surface area contributed by atoms with Gasteiger partial charge in [-0.05, 0) is 52.9 Å². The zero-order valence-corrected chi connectivity index (χ0v) is 11.2. The van der Waals surface area contributed by atoms with Crippen LogP contribution in [0.15, 0.2) is 0 Å². The van der Waals surface area contributed by atoms with E-state index < -0.39 is 0 Å². The van der Waals surface area contributed by atoms with Gasteiger partial charge in [-0.3, -0.25) is 9.69 Å². The van der Waals surface area contributed by atoms with Gasteiger partial charge in [0.1, 0.15) is 0 Å². The molecule has 2 aliphatic rings. The molecule has 17 heavy (non-hydrogen) atoms. The van der Waals surface area contributed by atoms with Crippen molar-refractivity contribution in [1.29, 1.82) is 0 Å². The van der Waals surface area contributed by atoms with Crippen LogP contribution in [0.5, 0.6) is 0 Å². The molecule has 4 heteroatoms. The standard InChI is InChI=1S/C13H25N3O/c1-14(2)11-13(17)16-9-5-6-12(10-16)15-7-3-4-8-15/h12H,3-11H2,1-2H3. The van der Waals surface area contributed by atoms with E-state index in [0.717, 1.165) is 13.1 Å². The summed E-state index contributed by atoms with van der Waals surface area (Å²) in [6.45, 7) is 4.93. The van der Waals surface area contributed by atoms with E-state index in [0.29, 0.717) is 18.5 Å². The SMILES string of the molecule is CN(C)CC(=O)N1CCCC(N2CCCC2)C1. The molecule has 0 spiro atoms. The van der Waals surface area contributed by atoms with Gasteiger partial charge in [0.2, 0.25) is 5.91 Å². The van der Waals surface area contributed by atoms with E-state index in [1.54, 1.807) is 0 Å². The Balaban J connectivity index is 1.85. The third-order valence-electron chi connectivity index (χ3n) is 3.86. The van der Waals surface area contributed by atoms with Crippen LogP contribution in [-0.2, 0) is 4.79 Å². The van der Waals surface area contributed by atoms with Crippen LogP contribution < -0.4 is 0 Å². The summed E-state index contributed by atoms with van der Waals surface area (Å²) in [6.07, 6.45) is 5.11. The summed E-state index contributed by atoms with van der Waals surface area (Å²) in [7, 11) is 3.92. The fraction of sp³-hybridized carbons (Fsp3) is 0.923. The van der Waals surface area contributed by atoms with Crippen molar-refractivity contribution in [2.75, 3.05) is 46.8 Å². The van der Waals surface area contributed by atoms with Crippen molar-refractivity contribution in [2.45, 2.75) is 31.7 Å².